The highest BCUT2D eigenvalue weighted by Gasteiger charge is 2.10. The standard InChI is InChI=1S/C11H9N3OS2/c15-11(12-6-7-1-3-13-14-7)10-5-9-8(17-10)2-4-16-9/h1-5H,6H2,(H,12,15)(H,13,14). The maximum Gasteiger partial charge on any atom is 0.261 e. The first kappa shape index (κ1) is 10.5. The minimum absolute atomic E-state index is 0.0343. The van der Waals surface area contributed by atoms with Gasteiger partial charge in [0.1, 0.15) is 0 Å². The van der Waals surface area contributed by atoms with Crippen molar-refractivity contribution in [2.24, 2.45) is 0 Å². The van der Waals surface area contributed by atoms with Gasteiger partial charge in [-0.25, -0.2) is 0 Å². The Balaban J connectivity index is 1.72. The lowest BCUT2D eigenvalue weighted by Gasteiger charge is -2.00. The molecular formula is C11H9N3OS2. The highest BCUT2D eigenvalue weighted by atomic mass is 32.1. The van der Waals surface area contributed by atoms with Crippen molar-refractivity contribution in [3.8, 4) is 0 Å². The molecule has 0 aliphatic rings. The normalized spacial score (nSPS) is 10.8. The summed E-state index contributed by atoms with van der Waals surface area (Å²) in [5.74, 6) is -0.0343. The zero-order chi connectivity index (χ0) is 11.7. The predicted octanol–water partition coefficient (Wildman–Crippen LogP) is 2.62. The highest BCUT2D eigenvalue weighted by molar-refractivity contribution is 7.27. The van der Waals surface area contributed by atoms with Crippen molar-refractivity contribution < 1.29 is 4.79 Å². The lowest BCUT2D eigenvalue weighted by Crippen LogP contribution is -2.21. The Morgan fingerprint density at radius 3 is 3.12 bits per heavy atom. The Morgan fingerprint density at radius 1 is 1.41 bits per heavy atom. The third-order valence-electron chi connectivity index (χ3n) is 2.36. The summed E-state index contributed by atoms with van der Waals surface area (Å²) in [7, 11) is 0. The van der Waals surface area contributed by atoms with Crippen molar-refractivity contribution in [2.45, 2.75) is 6.54 Å². The molecule has 17 heavy (non-hydrogen) atoms. The number of thiophene rings is 2. The number of aromatic nitrogens is 2. The van der Waals surface area contributed by atoms with Crippen LogP contribution in [0.25, 0.3) is 9.40 Å². The predicted molar refractivity (Wildman–Crippen MR) is 69.5 cm³/mol. The molecule has 0 bridgehead atoms. The Hall–Kier alpha value is -1.66. The van der Waals surface area contributed by atoms with Crippen molar-refractivity contribution in [3.05, 3.63) is 40.3 Å². The molecule has 3 rings (SSSR count). The second-order valence-electron chi connectivity index (χ2n) is 3.52. The van der Waals surface area contributed by atoms with E-state index in [0.717, 1.165) is 10.6 Å². The summed E-state index contributed by atoms with van der Waals surface area (Å²) in [5.41, 5.74) is 0.900. The summed E-state index contributed by atoms with van der Waals surface area (Å²) in [6.45, 7) is 0.477. The Morgan fingerprint density at radius 2 is 2.35 bits per heavy atom. The minimum Gasteiger partial charge on any atom is -0.346 e. The molecule has 0 atom stereocenters. The van der Waals surface area contributed by atoms with Gasteiger partial charge in [0.05, 0.1) is 17.1 Å². The molecule has 0 aliphatic carbocycles. The van der Waals surface area contributed by atoms with Crippen LogP contribution >= 0.6 is 22.7 Å². The molecule has 3 heterocycles. The van der Waals surface area contributed by atoms with Gasteiger partial charge in [0, 0.05) is 15.6 Å². The van der Waals surface area contributed by atoms with Crippen molar-refractivity contribution in [2.75, 3.05) is 0 Å². The van der Waals surface area contributed by atoms with Crippen LogP contribution in [0.1, 0.15) is 15.4 Å². The second kappa shape index (κ2) is 4.31. The van der Waals surface area contributed by atoms with Crippen LogP contribution in [0.4, 0.5) is 0 Å². The molecule has 0 aromatic carbocycles. The summed E-state index contributed by atoms with van der Waals surface area (Å²) in [6.07, 6.45) is 1.67. The molecular weight excluding hydrogens is 254 g/mol. The van der Waals surface area contributed by atoms with Crippen LogP contribution in [0, 0.1) is 0 Å². The number of H-pyrrole nitrogens is 1. The Bertz CT molecular complexity index is 610. The molecule has 4 nitrogen and oxygen atoms in total. The lowest BCUT2D eigenvalue weighted by atomic mass is 10.4. The van der Waals surface area contributed by atoms with E-state index in [1.54, 1.807) is 17.5 Å². The van der Waals surface area contributed by atoms with E-state index in [-0.39, 0.29) is 5.91 Å². The van der Waals surface area contributed by atoms with Gasteiger partial charge >= 0.3 is 0 Å². The molecule has 0 radical (unpaired) electrons. The first-order valence-corrected chi connectivity index (χ1v) is 6.76. The number of nitrogens with zero attached hydrogens (tertiary/aromatic N) is 1. The quantitative estimate of drug-likeness (QED) is 0.763. The van der Waals surface area contributed by atoms with Crippen LogP contribution in [0.2, 0.25) is 0 Å². The average molecular weight is 263 g/mol. The average Bonchev–Trinajstić information content (AvgIpc) is 3.01. The van der Waals surface area contributed by atoms with E-state index < -0.39 is 0 Å². The zero-order valence-electron chi connectivity index (χ0n) is 8.77. The van der Waals surface area contributed by atoms with Gasteiger partial charge < -0.3 is 5.32 Å². The van der Waals surface area contributed by atoms with Gasteiger partial charge in [0.25, 0.3) is 5.91 Å². The number of aromatic amines is 1. The van der Waals surface area contributed by atoms with Gasteiger partial charge in [0.2, 0.25) is 0 Å². The number of fused-ring (bicyclic) bond motifs is 1. The molecule has 0 saturated heterocycles. The molecule has 0 spiro atoms. The van der Waals surface area contributed by atoms with E-state index in [9.17, 15) is 4.79 Å². The van der Waals surface area contributed by atoms with Gasteiger partial charge in [-0.2, -0.15) is 5.10 Å². The van der Waals surface area contributed by atoms with Crippen LogP contribution < -0.4 is 5.32 Å². The Labute approximate surface area is 105 Å². The van der Waals surface area contributed by atoms with Gasteiger partial charge in [-0.05, 0) is 23.6 Å². The molecule has 0 unspecified atom stereocenters. The fourth-order valence-electron chi connectivity index (χ4n) is 1.52. The van der Waals surface area contributed by atoms with E-state index in [0.29, 0.717) is 6.54 Å². The summed E-state index contributed by atoms with van der Waals surface area (Å²) in [4.78, 5) is 12.6. The van der Waals surface area contributed by atoms with E-state index in [1.165, 1.54) is 20.7 Å². The summed E-state index contributed by atoms with van der Waals surface area (Å²) in [6, 6.07) is 5.82. The Kier molecular flexibility index (Phi) is 2.66. The molecule has 6 heteroatoms. The SMILES string of the molecule is O=C(NCc1ccn[nH]1)c1cc2sccc2s1. The van der Waals surface area contributed by atoms with Crippen molar-refractivity contribution in [3.63, 3.8) is 0 Å². The first-order chi connectivity index (χ1) is 8.33. The molecule has 0 fully saturated rings. The number of nitrogens with one attached hydrogen (secondary N) is 2. The summed E-state index contributed by atoms with van der Waals surface area (Å²) >= 11 is 3.18. The largest absolute Gasteiger partial charge is 0.346 e. The maximum absolute atomic E-state index is 11.9. The van der Waals surface area contributed by atoms with Crippen molar-refractivity contribution >= 4 is 38.0 Å². The van der Waals surface area contributed by atoms with Gasteiger partial charge in [0.15, 0.2) is 0 Å². The first-order valence-electron chi connectivity index (χ1n) is 5.06. The number of carbonyl (C=O) groups is 1. The molecule has 1 amide bonds. The van der Waals surface area contributed by atoms with Gasteiger partial charge in [-0.1, -0.05) is 0 Å². The summed E-state index contributed by atoms with van der Waals surface area (Å²) in [5, 5.41) is 11.5. The molecule has 0 aliphatic heterocycles. The van der Waals surface area contributed by atoms with Crippen LogP contribution in [0.15, 0.2) is 29.8 Å². The smallest absolute Gasteiger partial charge is 0.261 e. The molecule has 3 aromatic rings. The van der Waals surface area contributed by atoms with Crippen LogP contribution in [0.3, 0.4) is 0 Å². The number of amides is 1. The topological polar surface area (TPSA) is 57.8 Å². The van der Waals surface area contributed by atoms with E-state index in [1.807, 2.05) is 23.6 Å². The van der Waals surface area contributed by atoms with Gasteiger partial charge in [-0.15, -0.1) is 22.7 Å². The lowest BCUT2D eigenvalue weighted by molar-refractivity contribution is 0.0954. The third kappa shape index (κ3) is 2.09. The monoisotopic (exact) mass is 263 g/mol. The third-order valence-corrected chi connectivity index (χ3v) is 4.45. The zero-order valence-corrected chi connectivity index (χ0v) is 10.4. The number of hydrogen-bond acceptors (Lipinski definition) is 4. The second-order valence-corrected chi connectivity index (χ2v) is 5.56. The molecule has 3 aromatic heterocycles. The van der Waals surface area contributed by atoms with Crippen molar-refractivity contribution in [1.82, 2.24) is 15.5 Å². The van der Waals surface area contributed by atoms with E-state index in [2.05, 4.69) is 15.5 Å². The highest BCUT2D eigenvalue weighted by Crippen LogP contribution is 2.29. The number of rotatable bonds is 3. The van der Waals surface area contributed by atoms with Crippen LogP contribution in [0.5, 0.6) is 0 Å². The number of carbonyl (C=O) groups excluding carboxylic acids is 1. The number of hydrogen-bond donors (Lipinski definition) is 2. The van der Waals surface area contributed by atoms with E-state index in [4.69, 9.17) is 0 Å². The minimum atomic E-state index is -0.0343. The van der Waals surface area contributed by atoms with Crippen LogP contribution in [-0.2, 0) is 6.54 Å². The molecule has 86 valence electrons. The maximum atomic E-state index is 11.9. The molecule has 0 saturated carbocycles. The molecule has 2 N–H and O–H groups in total. The van der Waals surface area contributed by atoms with Crippen LogP contribution in [-0.4, -0.2) is 16.1 Å². The fraction of sp³-hybridized carbons (Fsp3) is 0.0909. The van der Waals surface area contributed by atoms with Gasteiger partial charge in [-0.3, -0.25) is 9.89 Å². The summed E-state index contributed by atoms with van der Waals surface area (Å²) < 4.78 is 2.34. The van der Waals surface area contributed by atoms with E-state index >= 15 is 0 Å². The van der Waals surface area contributed by atoms with Crippen molar-refractivity contribution in [1.29, 1.82) is 0 Å². The fourth-order valence-corrected chi connectivity index (χ4v) is 3.55.